The molecule has 0 spiro atoms. The first kappa shape index (κ1) is 12.5. The number of aryl methyl sites for hydroxylation is 1. The number of ether oxygens (including phenoxy) is 2. The summed E-state index contributed by atoms with van der Waals surface area (Å²) in [5.74, 6) is 0.551. The molecule has 0 radical (unpaired) electrons. The van der Waals surface area contributed by atoms with Crippen molar-refractivity contribution in [1.29, 1.82) is 0 Å². The van der Waals surface area contributed by atoms with Gasteiger partial charge in [-0.3, -0.25) is 4.79 Å². The van der Waals surface area contributed by atoms with Crippen LogP contribution in [0.5, 0.6) is 5.75 Å². The molecule has 0 aromatic heterocycles. The van der Waals surface area contributed by atoms with Gasteiger partial charge in [0.25, 0.3) is 0 Å². The molecule has 16 heavy (non-hydrogen) atoms. The van der Waals surface area contributed by atoms with Gasteiger partial charge in [-0.1, -0.05) is 17.7 Å². The Hall–Kier alpha value is -1.55. The van der Waals surface area contributed by atoms with Crippen molar-refractivity contribution in [2.24, 2.45) is 0 Å². The number of hydrogen-bond acceptors (Lipinski definition) is 4. The van der Waals surface area contributed by atoms with Crippen molar-refractivity contribution >= 4 is 5.97 Å². The molecule has 88 valence electrons. The first-order valence-electron chi connectivity index (χ1n) is 5.08. The molecule has 0 aliphatic carbocycles. The molecule has 0 unspecified atom stereocenters. The Morgan fingerprint density at radius 1 is 1.38 bits per heavy atom. The van der Waals surface area contributed by atoms with Crippen LogP contribution in [-0.4, -0.2) is 26.7 Å². The van der Waals surface area contributed by atoms with Gasteiger partial charge >= 0.3 is 5.97 Å². The second-order valence-corrected chi connectivity index (χ2v) is 3.49. The normalized spacial score (nSPS) is 9.94. The van der Waals surface area contributed by atoms with Gasteiger partial charge < -0.3 is 14.8 Å². The van der Waals surface area contributed by atoms with Gasteiger partial charge in [-0.2, -0.15) is 0 Å². The van der Waals surface area contributed by atoms with Crippen LogP contribution in [0.25, 0.3) is 0 Å². The zero-order chi connectivity index (χ0) is 12.0. The third-order valence-electron chi connectivity index (χ3n) is 2.25. The fraction of sp³-hybridized carbons (Fsp3) is 0.417. The summed E-state index contributed by atoms with van der Waals surface area (Å²) in [6, 6.07) is 5.94. The van der Waals surface area contributed by atoms with Gasteiger partial charge in [-0.25, -0.2) is 0 Å². The third kappa shape index (κ3) is 3.55. The number of methoxy groups -OCH3 is 2. The van der Waals surface area contributed by atoms with Crippen molar-refractivity contribution in [3.8, 4) is 5.75 Å². The molecule has 1 rings (SSSR count). The number of rotatable bonds is 5. The van der Waals surface area contributed by atoms with E-state index in [2.05, 4.69) is 10.1 Å². The molecular weight excluding hydrogens is 206 g/mol. The van der Waals surface area contributed by atoms with Crippen LogP contribution < -0.4 is 10.1 Å². The van der Waals surface area contributed by atoms with Crippen molar-refractivity contribution in [3.05, 3.63) is 29.3 Å². The van der Waals surface area contributed by atoms with E-state index in [0.29, 0.717) is 6.54 Å². The fourth-order valence-electron chi connectivity index (χ4n) is 1.42. The summed E-state index contributed by atoms with van der Waals surface area (Å²) in [4.78, 5) is 10.9. The fourth-order valence-corrected chi connectivity index (χ4v) is 1.42. The van der Waals surface area contributed by atoms with Crippen LogP contribution in [-0.2, 0) is 16.1 Å². The van der Waals surface area contributed by atoms with E-state index >= 15 is 0 Å². The minimum absolute atomic E-state index is 0.202. The average molecular weight is 223 g/mol. The van der Waals surface area contributed by atoms with Crippen LogP contribution in [0.15, 0.2) is 18.2 Å². The molecule has 0 saturated carbocycles. The van der Waals surface area contributed by atoms with Crippen molar-refractivity contribution in [2.75, 3.05) is 20.8 Å². The van der Waals surface area contributed by atoms with Gasteiger partial charge in [0.1, 0.15) is 5.75 Å². The Labute approximate surface area is 95.6 Å². The summed E-state index contributed by atoms with van der Waals surface area (Å²) in [7, 11) is 3.01. The van der Waals surface area contributed by atoms with Gasteiger partial charge in [0, 0.05) is 12.1 Å². The summed E-state index contributed by atoms with van der Waals surface area (Å²) < 4.78 is 9.76. The molecule has 0 aliphatic heterocycles. The van der Waals surface area contributed by atoms with E-state index in [9.17, 15) is 4.79 Å². The van der Waals surface area contributed by atoms with E-state index in [1.807, 2.05) is 25.1 Å². The van der Waals surface area contributed by atoms with Crippen LogP contribution in [0.4, 0.5) is 0 Å². The van der Waals surface area contributed by atoms with E-state index in [1.165, 1.54) is 7.11 Å². The molecule has 0 heterocycles. The van der Waals surface area contributed by atoms with E-state index < -0.39 is 0 Å². The van der Waals surface area contributed by atoms with E-state index in [-0.39, 0.29) is 12.5 Å². The van der Waals surface area contributed by atoms with Crippen LogP contribution >= 0.6 is 0 Å². The van der Waals surface area contributed by atoms with Crippen LogP contribution in [0, 0.1) is 6.92 Å². The highest BCUT2D eigenvalue weighted by atomic mass is 16.5. The minimum Gasteiger partial charge on any atom is -0.496 e. The second-order valence-electron chi connectivity index (χ2n) is 3.49. The molecular formula is C12H17NO3. The maximum absolute atomic E-state index is 10.9. The molecule has 1 aromatic rings. The lowest BCUT2D eigenvalue weighted by molar-refractivity contribution is -0.139. The number of hydrogen-bond donors (Lipinski definition) is 1. The number of nitrogens with one attached hydrogen (secondary N) is 1. The Bertz CT molecular complexity index is 363. The smallest absolute Gasteiger partial charge is 0.319 e. The highest BCUT2D eigenvalue weighted by Gasteiger charge is 2.04. The number of benzene rings is 1. The van der Waals surface area contributed by atoms with Crippen LogP contribution in [0.1, 0.15) is 11.1 Å². The first-order chi connectivity index (χ1) is 7.67. The molecule has 0 amide bonds. The summed E-state index contributed by atoms with van der Waals surface area (Å²) in [5.41, 5.74) is 2.20. The Balaban J connectivity index is 2.58. The molecule has 0 aliphatic rings. The van der Waals surface area contributed by atoms with Gasteiger partial charge in [0.05, 0.1) is 20.8 Å². The maximum atomic E-state index is 10.9. The van der Waals surface area contributed by atoms with E-state index in [1.54, 1.807) is 7.11 Å². The Morgan fingerprint density at radius 2 is 2.12 bits per heavy atom. The predicted octanol–water partition coefficient (Wildman–Crippen LogP) is 1.27. The van der Waals surface area contributed by atoms with Gasteiger partial charge in [-0.15, -0.1) is 0 Å². The maximum Gasteiger partial charge on any atom is 0.319 e. The average Bonchev–Trinajstić information content (AvgIpc) is 2.29. The van der Waals surface area contributed by atoms with E-state index in [0.717, 1.165) is 16.9 Å². The van der Waals surface area contributed by atoms with Crippen molar-refractivity contribution < 1.29 is 14.3 Å². The van der Waals surface area contributed by atoms with Gasteiger partial charge in [-0.05, 0) is 13.0 Å². The first-order valence-corrected chi connectivity index (χ1v) is 5.08. The van der Waals surface area contributed by atoms with Crippen molar-refractivity contribution in [3.63, 3.8) is 0 Å². The largest absolute Gasteiger partial charge is 0.496 e. The summed E-state index contributed by atoms with van der Waals surface area (Å²) >= 11 is 0. The summed E-state index contributed by atoms with van der Waals surface area (Å²) in [5, 5.41) is 3.00. The van der Waals surface area contributed by atoms with Gasteiger partial charge in [0.2, 0.25) is 0 Å². The van der Waals surface area contributed by atoms with E-state index in [4.69, 9.17) is 4.74 Å². The van der Waals surface area contributed by atoms with Crippen molar-refractivity contribution in [1.82, 2.24) is 5.32 Å². The molecule has 4 nitrogen and oxygen atoms in total. The molecule has 1 N–H and O–H groups in total. The van der Waals surface area contributed by atoms with Crippen LogP contribution in [0.2, 0.25) is 0 Å². The number of carbonyl (C=O) groups excluding carboxylic acids is 1. The lowest BCUT2D eigenvalue weighted by Gasteiger charge is -2.10. The monoisotopic (exact) mass is 223 g/mol. The SMILES string of the molecule is COC(=O)CNCc1cc(C)ccc1OC. The lowest BCUT2D eigenvalue weighted by atomic mass is 10.1. The quantitative estimate of drug-likeness (QED) is 0.764. The molecule has 1 aromatic carbocycles. The highest BCUT2D eigenvalue weighted by Crippen LogP contribution is 2.19. The second kappa shape index (κ2) is 6.12. The Morgan fingerprint density at radius 3 is 2.75 bits per heavy atom. The Kier molecular flexibility index (Phi) is 4.79. The molecule has 0 fully saturated rings. The van der Waals surface area contributed by atoms with Gasteiger partial charge in [0.15, 0.2) is 0 Å². The zero-order valence-corrected chi connectivity index (χ0v) is 9.87. The standard InChI is InChI=1S/C12H17NO3/c1-9-4-5-11(15-2)10(6-9)7-13-8-12(14)16-3/h4-6,13H,7-8H2,1-3H3. The molecule has 4 heteroatoms. The third-order valence-corrected chi connectivity index (χ3v) is 2.25. The zero-order valence-electron chi connectivity index (χ0n) is 9.87. The lowest BCUT2D eigenvalue weighted by Crippen LogP contribution is -2.23. The van der Waals surface area contributed by atoms with Crippen molar-refractivity contribution in [2.45, 2.75) is 13.5 Å². The summed E-state index contributed by atoms with van der Waals surface area (Å²) in [6.45, 7) is 2.80. The molecule has 0 bridgehead atoms. The number of carbonyl (C=O) groups is 1. The predicted molar refractivity (Wildman–Crippen MR) is 61.5 cm³/mol. The highest BCUT2D eigenvalue weighted by molar-refractivity contribution is 5.71. The number of esters is 1. The topological polar surface area (TPSA) is 47.6 Å². The molecule has 0 atom stereocenters. The van der Waals surface area contributed by atoms with Crippen LogP contribution in [0.3, 0.4) is 0 Å². The summed E-state index contributed by atoms with van der Waals surface area (Å²) in [6.07, 6.45) is 0. The molecule has 0 saturated heterocycles. The minimum atomic E-state index is -0.272.